The molecule has 0 aliphatic heterocycles. The number of aromatic nitrogens is 1. The van der Waals surface area contributed by atoms with Gasteiger partial charge in [0.05, 0.1) is 5.56 Å². The highest BCUT2D eigenvalue weighted by molar-refractivity contribution is 9.10. The highest BCUT2D eigenvalue weighted by Gasteiger charge is 2.20. The molecule has 0 saturated carbocycles. The molecular weight excluding hydrogens is 399 g/mol. The van der Waals surface area contributed by atoms with E-state index < -0.39 is 20.7 Å². The lowest BCUT2D eigenvalue weighted by molar-refractivity contribution is 0.400. The van der Waals surface area contributed by atoms with Gasteiger partial charge in [-0.3, -0.25) is 0 Å². The summed E-state index contributed by atoms with van der Waals surface area (Å²) in [4.78, 5) is -0.552. The molecule has 1 heterocycles. The van der Waals surface area contributed by atoms with E-state index in [0.717, 1.165) is 22.2 Å². The zero-order valence-corrected chi connectivity index (χ0v) is 14.9. The topological polar surface area (TPSA) is 86.2 Å². The molecular formula is C16H12BrFN2O3S. The number of halogens is 2. The number of nitrogens with two attached hydrogens (primary N) is 1. The first-order chi connectivity index (χ1) is 11.3. The second kappa shape index (κ2) is 6.12. The Morgan fingerprint density at radius 2 is 1.92 bits per heavy atom. The molecule has 124 valence electrons. The third-order valence-electron chi connectivity index (χ3n) is 3.49. The van der Waals surface area contributed by atoms with E-state index in [-0.39, 0.29) is 0 Å². The van der Waals surface area contributed by atoms with Crippen molar-refractivity contribution in [2.75, 3.05) is 0 Å². The third-order valence-corrected chi connectivity index (χ3v) is 4.93. The van der Waals surface area contributed by atoms with E-state index in [1.807, 2.05) is 24.3 Å². The van der Waals surface area contributed by atoms with Gasteiger partial charge in [-0.15, -0.1) is 0 Å². The first kappa shape index (κ1) is 16.8. The van der Waals surface area contributed by atoms with Crippen LogP contribution in [0, 0.1) is 12.7 Å². The van der Waals surface area contributed by atoms with Crippen molar-refractivity contribution in [2.24, 2.45) is 5.14 Å². The lowest BCUT2D eigenvalue weighted by atomic mass is 9.99. The van der Waals surface area contributed by atoms with Gasteiger partial charge in [-0.05, 0) is 36.8 Å². The lowest BCUT2D eigenvalue weighted by Crippen LogP contribution is -2.13. The summed E-state index contributed by atoms with van der Waals surface area (Å²) in [6.45, 7) is 1.70. The smallest absolute Gasteiger partial charge is 0.240 e. The SMILES string of the molecule is Cc1onc(-c2cccc(Br)c2)c1-c1ccc(S(N)(=O)=O)c(F)c1. The molecule has 0 spiro atoms. The quantitative estimate of drug-likeness (QED) is 0.709. The molecule has 2 aromatic carbocycles. The number of nitrogens with zero attached hydrogens (tertiary/aromatic N) is 1. The predicted octanol–water partition coefficient (Wildman–Crippen LogP) is 3.87. The maximum absolute atomic E-state index is 14.2. The molecule has 0 atom stereocenters. The summed E-state index contributed by atoms with van der Waals surface area (Å²) in [5, 5.41) is 9.03. The fourth-order valence-electron chi connectivity index (χ4n) is 2.43. The van der Waals surface area contributed by atoms with Crippen LogP contribution in [0.5, 0.6) is 0 Å². The van der Waals surface area contributed by atoms with Crippen molar-refractivity contribution in [1.29, 1.82) is 0 Å². The van der Waals surface area contributed by atoms with Crippen molar-refractivity contribution >= 4 is 26.0 Å². The normalized spacial score (nSPS) is 11.7. The maximum Gasteiger partial charge on any atom is 0.240 e. The molecule has 24 heavy (non-hydrogen) atoms. The maximum atomic E-state index is 14.2. The Bertz CT molecular complexity index is 1030. The molecule has 0 unspecified atom stereocenters. The molecule has 0 bridgehead atoms. The van der Waals surface area contributed by atoms with Gasteiger partial charge < -0.3 is 4.52 Å². The Labute approximate surface area is 146 Å². The largest absolute Gasteiger partial charge is 0.360 e. The van der Waals surface area contributed by atoms with E-state index >= 15 is 0 Å². The van der Waals surface area contributed by atoms with Crippen molar-refractivity contribution < 1.29 is 17.3 Å². The van der Waals surface area contributed by atoms with Crippen LogP contribution in [0.4, 0.5) is 4.39 Å². The number of benzene rings is 2. The fourth-order valence-corrected chi connectivity index (χ4v) is 3.42. The van der Waals surface area contributed by atoms with E-state index in [1.54, 1.807) is 6.92 Å². The Kier molecular flexibility index (Phi) is 4.29. The molecule has 3 rings (SSSR count). The number of aryl methyl sites for hydroxylation is 1. The number of primary sulfonamides is 1. The summed E-state index contributed by atoms with van der Waals surface area (Å²) in [6, 6.07) is 11.1. The third kappa shape index (κ3) is 3.12. The van der Waals surface area contributed by atoms with Crippen LogP contribution in [-0.2, 0) is 10.0 Å². The molecule has 0 fully saturated rings. The van der Waals surface area contributed by atoms with Gasteiger partial charge in [-0.1, -0.05) is 39.3 Å². The first-order valence-electron chi connectivity index (χ1n) is 6.82. The van der Waals surface area contributed by atoms with Crippen LogP contribution in [0.15, 0.2) is 56.4 Å². The Morgan fingerprint density at radius 3 is 2.54 bits per heavy atom. The standard InChI is InChI=1S/C16H12BrFN2O3S/c1-9-15(10-5-6-14(13(18)8-10)24(19,21)22)16(20-23-9)11-3-2-4-12(17)7-11/h2-8H,1H3,(H2,19,21,22). The highest BCUT2D eigenvalue weighted by Crippen LogP contribution is 2.36. The van der Waals surface area contributed by atoms with Crippen molar-refractivity contribution in [1.82, 2.24) is 5.16 Å². The zero-order chi connectivity index (χ0) is 17.5. The van der Waals surface area contributed by atoms with Gasteiger partial charge in [0.15, 0.2) is 0 Å². The Balaban J connectivity index is 2.18. The first-order valence-corrected chi connectivity index (χ1v) is 9.16. The molecule has 2 N–H and O–H groups in total. The number of sulfonamides is 1. The zero-order valence-electron chi connectivity index (χ0n) is 12.5. The molecule has 8 heteroatoms. The monoisotopic (exact) mass is 410 g/mol. The minimum Gasteiger partial charge on any atom is -0.360 e. The second-order valence-corrected chi connectivity index (χ2v) is 7.61. The van der Waals surface area contributed by atoms with Crippen LogP contribution in [0.2, 0.25) is 0 Å². The molecule has 5 nitrogen and oxygen atoms in total. The van der Waals surface area contributed by atoms with Gasteiger partial charge in [0.2, 0.25) is 10.0 Å². The minimum atomic E-state index is -4.12. The van der Waals surface area contributed by atoms with Gasteiger partial charge in [-0.25, -0.2) is 17.9 Å². The summed E-state index contributed by atoms with van der Waals surface area (Å²) in [6.07, 6.45) is 0. The Morgan fingerprint density at radius 1 is 1.17 bits per heavy atom. The lowest BCUT2D eigenvalue weighted by Gasteiger charge is -2.06. The van der Waals surface area contributed by atoms with E-state index in [0.29, 0.717) is 22.6 Å². The minimum absolute atomic E-state index is 0.452. The van der Waals surface area contributed by atoms with E-state index in [4.69, 9.17) is 9.66 Å². The number of rotatable bonds is 3. The van der Waals surface area contributed by atoms with Gasteiger partial charge in [0.25, 0.3) is 0 Å². The van der Waals surface area contributed by atoms with Gasteiger partial charge in [0.1, 0.15) is 22.2 Å². The molecule has 0 saturated heterocycles. The molecule has 0 aliphatic rings. The fraction of sp³-hybridized carbons (Fsp3) is 0.0625. The number of hydrogen-bond acceptors (Lipinski definition) is 4. The summed E-state index contributed by atoms with van der Waals surface area (Å²) < 4.78 is 43.0. The predicted molar refractivity (Wildman–Crippen MR) is 91.1 cm³/mol. The van der Waals surface area contributed by atoms with Crippen molar-refractivity contribution in [3.05, 3.63) is 58.5 Å². The van der Waals surface area contributed by atoms with Crippen LogP contribution in [0.3, 0.4) is 0 Å². The Hall–Kier alpha value is -2.03. The summed E-state index contributed by atoms with van der Waals surface area (Å²) in [5.41, 5.74) is 2.37. The average Bonchev–Trinajstić information content (AvgIpc) is 2.87. The highest BCUT2D eigenvalue weighted by atomic mass is 79.9. The second-order valence-electron chi connectivity index (χ2n) is 5.16. The molecule has 1 aromatic heterocycles. The van der Waals surface area contributed by atoms with Crippen LogP contribution in [0.25, 0.3) is 22.4 Å². The van der Waals surface area contributed by atoms with Gasteiger partial charge in [0, 0.05) is 10.0 Å². The molecule has 0 aliphatic carbocycles. The van der Waals surface area contributed by atoms with E-state index in [9.17, 15) is 12.8 Å². The van der Waals surface area contributed by atoms with Gasteiger partial charge >= 0.3 is 0 Å². The van der Waals surface area contributed by atoms with Crippen LogP contribution in [0.1, 0.15) is 5.76 Å². The molecule has 0 radical (unpaired) electrons. The summed E-state index contributed by atoms with van der Waals surface area (Å²) >= 11 is 3.39. The van der Waals surface area contributed by atoms with E-state index in [1.165, 1.54) is 6.07 Å². The van der Waals surface area contributed by atoms with Crippen LogP contribution in [-0.4, -0.2) is 13.6 Å². The molecule has 0 amide bonds. The molecule has 3 aromatic rings. The van der Waals surface area contributed by atoms with Crippen molar-refractivity contribution in [3.8, 4) is 22.4 Å². The van der Waals surface area contributed by atoms with Gasteiger partial charge in [-0.2, -0.15) is 0 Å². The number of hydrogen-bond donors (Lipinski definition) is 1. The summed E-state index contributed by atoms with van der Waals surface area (Å²) in [7, 11) is -4.12. The van der Waals surface area contributed by atoms with Crippen LogP contribution < -0.4 is 5.14 Å². The van der Waals surface area contributed by atoms with Crippen LogP contribution >= 0.6 is 15.9 Å². The van der Waals surface area contributed by atoms with Crippen molar-refractivity contribution in [2.45, 2.75) is 11.8 Å². The average molecular weight is 411 g/mol. The van der Waals surface area contributed by atoms with Crippen molar-refractivity contribution in [3.63, 3.8) is 0 Å². The summed E-state index contributed by atoms with van der Waals surface area (Å²) in [5.74, 6) is -0.427. The van der Waals surface area contributed by atoms with E-state index in [2.05, 4.69) is 21.1 Å².